The van der Waals surface area contributed by atoms with Gasteiger partial charge in [0.1, 0.15) is 0 Å². The smallest absolute Gasteiger partial charge is 0.222 e. The first-order valence-corrected chi connectivity index (χ1v) is 10.4. The molecule has 0 N–H and O–H groups in total. The lowest BCUT2D eigenvalue weighted by molar-refractivity contribution is -0.142. The van der Waals surface area contributed by atoms with Gasteiger partial charge in [-0.05, 0) is 35.1 Å². The maximum Gasteiger partial charge on any atom is 0.222 e. The number of hydrogen-bond donors (Lipinski definition) is 0. The molecule has 0 unspecified atom stereocenters. The summed E-state index contributed by atoms with van der Waals surface area (Å²) in [5, 5.41) is 0. The van der Waals surface area contributed by atoms with Crippen LogP contribution in [0.25, 0.3) is 0 Å². The molecule has 0 radical (unpaired) electrons. The van der Waals surface area contributed by atoms with Crippen LogP contribution >= 0.6 is 0 Å². The van der Waals surface area contributed by atoms with Crippen molar-refractivity contribution < 1.29 is 9.59 Å². The Hall–Kier alpha value is -2.62. The van der Waals surface area contributed by atoms with E-state index in [9.17, 15) is 9.59 Å². The van der Waals surface area contributed by atoms with Gasteiger partial charge >= 0.3 is 0 Å². The number of rotatable bonds is 3. The number of carbonyl (C=O) groups excluding carboxylic acids is 2. The third-order valence-electron chi connectivity index (χ3n) is 6.21. The Bertz CT molecular complexity index is 818. The van der Waals surface area contributed by atoms with Gasteiger partial charge < -0.3 is 9.80 Å². The fraction of sp³-hybridized carbons (Fsp3) is 0.417. The lowest BCUT2D eigenvalue weighted by atomic mass is 9.80. The SMILES string of the molecule is CCC(=O)N1CCc2ccccc2[C@@H]1[C@H]1c2ccccc2CCN1C(=O)CC. The zero-order valence-electron chi connectivity index (χ0n) is 16.7. The molecule has 2 aliphatic rings. The second-order valence-corrected chi connectivity index (χ2v) is 7.67. The first kappa shape index (κ1) is 18.7. The standard InChI is InChI=1S/C24H28N2O2/c1-3-21(27)25-15-13-17-9-5-7-11-19(17)23(25)24-20-12-8-6-10-18(20)14-16-26(24)22(28)4-2/h5-12,23-24H,3-4,13-16H2,1-2H3/t23-,24-/m1/s1. The maximum atomic E-state index is 12.9. The number of hydrogen-bond acceptors (Lipinski definition) is 2. The van der Waals surface area contributed by atoms with Gasteiger partial charge in [0.25, 0.3) is 0 Å². The van der Waals surface area contributed by atoms with Crippen molar-refractivity contribution in [2.45, 2.75) is 51.6 Å². The molecular formula is C24H28N2O2. The van der Waals surface area contributed by atoms with E-state index < -0.39 is 0 Å². The molecule has 146 valence electrons. The molecule has 0 saturated heterocycles. The normalized spacial score (nSPS) is 21.1. The molecule has 2 aromatic carbocycles. The highest BCUT2D eigenvalue weighted by molar-refractivity contribution is 5.79. The zero-order chi connectivity index (χ0) is 19.7. The van der Waals surface area contributed by atoms with Gasteiger partial charge in [-0.3, -0.25) is 9.59 Å². The molecule has 2 amide bonds. The van der Waals surface area contributed by atoms with E-state index in [0.29, 0.717) is 25.9 Å². The van der Waals surface area contributed by atoms with Crippen molar-refractivity contribution in [3.05, 3.63) is 70.8 Å². The van der Waals surface area contributed by atoms with Crippen LogP contribution in [0.3, 0.4) is 0 Å². The summed E-state index contributed by atoms with van der Waals surface area (Å²) in [4.78, 5) is 29.9. The Morgan fingerprint density at radius 1 is 0.750 bits per heavy atom. The fourth-order valence-electron chi connectivity index (χ4n) is 4.84. The minimum absolute atomic E-state index is 0.130. The topological polar surface area (TPSA) is 40.6 Å². The van der Waals surface area contributed by atoms with Crippen LogP contribution in [0.15, 0.2) is 48.5 Å². The average molecular weight is 377 g/mol. The second kappa shape index (κ2) is 7.78. The molecule has 0 aliphatic carbocycles. The highest BCUT2D eigenvalue weighted by Crippen LogP contribution is 2.45. The van der Waals surface area contributed by atoms with Crippen LogP contribution in [0.1, 0.15) is 61.0 Å². The van der Waals surface area contributed by atoms with Gasteiger partial charge in [0, 0.05) is 25.9 Å². The first-order chi connectivity index (χ1) is 13.7. The highest BCUT2D eigenvalue weighted by Gasteiger charge is 2.42. The number of nitrogens with zero attached hydrogens (tertiary/aromatic N) is 2. The maximum absolute atomic E-state index is 12.9. The van der Waals surface area contributed by atoms with Crippen molar-refractivity contribution in [2.24, 2.45) is 0 Å². The third-order valence-corrected chi connectivity index (χ3v) is 6.21. The van der Waals surface area contributed by atoms with Gasteiger partial charge in [0.2, 0.25) is 11.8 Å². The molecule has 0 bridgehead atoms. The van der Waals surface area contributed by atoms with Crippen molar-refractivity contribution in [3.63, 3.8) is 0 Å². The highest BCUT2D eigenvalue weighted by atomic mass is 16.2. The Labute approximate surface area is 167 Å². The number of benzene rings is 2. The Balaban J connectivity index is 1.90. The summed E-state index contributed by atoms with van der Waals surface area (Å²) >= 11 is 0. The zero-order valence-corrected chi connectivity index (χ0v) is 16.7. The quantitative estimate of drug-likeness (QED) is 0.811. The van der Waals surface area contributed by atoms with Gasteiger partial charge in [-0.15, -0.1) is 0 Å². The minimum atomic E-state index is -0.130. The molecule has 0 fully saturated rings. The van der Waals surface area contributed by atoms with Crippen LogP contribution in [0, 0.1) is 0 Å². The van der Waals surface area contributed by atoms with Crippen LogP contribution < -0.4 is 0 Å². The number of amides is 2. The Morgan fingerprint density at radius 3 is 1.54 bits per heavy atom. The molecular weight excluding hydrogens is 348 g/mol. The molecule has 0 aromatic heterocycles. The van der Waals surface area contributed by atoms with Crippen LogP contribution in [-0.2, 0) is 22.4 Å². The molecule has 4 heteroatoms. The first-order valence-electron chi connectivity index (χ1n) is 10.4. The van der Waals surface area contributed by atoms with Crippen molar-refractivity contribution >= 4 is 11.8 Å². The van der Waals surface area contributed by atoms with E-state index in [4.69, 9.17) is 0 Å². The van der Waals surface area contributed by atoms with Crippen molar-refractivity contribution in [3.8, 4) is 0 Å². The summed E-state index contributed by atoms with van der Waals surface area (Å²) < 4.78 is 0. The van der Waals surface area contributed by atoms with E-state index in [1.807, 2.05) is 35.8 Å². The van der Waals surface area contributed by atoms with E-state index in [0.717, 1.165) is 12.8 Å². The summed E-state index contributed by atoms with van der Waals surface area (Å²) in [6.07, 6.45) is 2.70. The van der Waals surface area contributed by atoms with E-state index >= 15 is 0 Å². The van der Waals surface area contributed by atoms with Crippen LogP contribution in [0.5, 0.6) is 0 Å². The summed E-state index contributed by atoms with van der Waals surface area (Å²) in [5.74, 6) is 0.318. The predicted molar refractivity (Wildman–Crippen MR) is 110 cm³/mol. The lowest BCUT2D eigenvalue weighted by Gasteiger charge is -2.48. The predicted octanol–water partition coefficient (Wildman–Crippen LogP) is 4.06. The van der Waals surface area contributed by atoms with E-state index in [1.165, 1.54) is 22.3 Å². The Kier molecular flexibility index (Phi) is 5.21. The fourth-order valence-corrected chi connectivity index (χ4v) is 4.84. The summed E-state index contributed by atoms with van der Waals surface area (Å²) in [6.45, 7) is 5.26. The molecule has 2 atom stereocenters. The monoisotopic (exact) mass is 376 g/mol. The number of carbonyl (C=O) groups is 2. The average Bonchev–Trinajstić information content (AvgIpc) is 2.76. The molecule has 2 heterocycles. The molecule has 28 heavy (non-hydrogen) atoms. The molecule has 2 aromatic rings. The molecule has 4 nitrogen and oxygen atoms in total. The van der Waals surface area contributed by atoms with Gasteiger partial charge in [0.05, 0.1) is 12.1 Å². The molecule has 4 rings (SSSR count). The number of fused-ring (bicyclic) bond motifs is 2. The van der Waals surface area contributed by atoms with E-state index in [-0.39, 0.29) is 23.9 Å². The van der Waals surface area contributed by atoms with Crippen LogP contribution in [0.2, 0.25) is 0 Å². The molecule has 0 saturated carbocycles. The molecule has 2 aliphatic heterocycles. The van der Waals surface area contributed by atoms with Crippen LogP contribution in [0.4, 0.5) is 0 Å². The van der Waals surface area contributed by atoms with Crippen molar-refractivity contribution in [2.75, 3.05) is 13.1 Å². The van der Waals surface area contributed by atoms with E-state index in [1.54, 1.807) is 0 Å². The van der Waals surface area contributed by atoms with Crippen molar-refractivity contribution in [1.82, 2.24) is 9.80 Å². The minimum Gasteiger partial charge on any atom is -0.333 e. The summed E-state index contributed by atoms with van der Waals surface area (Å²) in [5.41, 5.74) is 4.96. The van der Waals surface area contributed by atoms with Gasteiger partial charge in [-0.1, -0.05) is 62.4 Å². The summed E-state index contributed by atoms with van der Waals surface area (Å²) in [7, 11) is 0. The van der Waals surface area contributed by atoms with Gasteiger partial charge in [0.15, 0.2) is 0 Å². The second-order valence-electron chi connectivity index (χ2n) is 7.67. The van der Waals surface area contributed by atoms with Gasteiger partial charge in [-0.2, -0.15) is 0 Å². The third kappa shape index (κ3) is 3.11. The lowest BCUT2D eigenvalue weighted by Crippen LogP contribution is -2.50. The Morgan fingerprint density at radius 2 is 1.14 bits per heavy atom. The van der Waals surface area contributed by atoms with Crippen molar-refractivity contribution in [1.29, 1.82) is 0 Å². The van der Waals surface area contributed by atoms with E-state index in [2.05, 4.69) is 36.4 Å². The summed E-state index contributed by atoms with van der Waals surface area (Å²) in [6, 6.07) is 16.6. The van der Waals surface area contributed by atoms with Crippen LogP contribution in [-0.4, -0.2) is 34.7 Å². The largest absolute Gasteiger partial charge is 0.333 e. The van der Waals surface area contributed by atoms with Gasteiger partial charge in [-0.25, -0.2) is 0 Å². The molecule has 0 spiro atoms.